The first-order valence-corrected chi connectivity index (χ1v) is 7.44. The van der Waals surface area contributed by atoms with Crippen molar-refractivity contribution in [1.29, 1.82) is 0 Å². The normalized spacial score (nSPS) is 19.2. The summed E-state index contributed by atoms with van der Waals surface area (Å²) in [6.07, 6.45) is 5.98. The van der Waals surface area contributed by atoms with Crippen LogP contribution in [0.15, 0.2) is 18.2 Å². The van der Waals surface area contributed by atoms with Gasteiger partial charge in [0.15, 0.2) is 0 Å². The second-order valence-electron chi connectivity index (χ2n) is 5.84. The predicted octanol–water partition coefficient (Wildman–Crippen LogP) is 3.34. The van der Waals surface area contributed by atoms with Crippen LogP contribution in [0, 0.1) is 17.6 Å². The molecular weight excluding hydrogens is 260 g/mol. The molecule has 2 atom stereocenters. The molecule has 1 aliphatic rings. The molecule has 2 rings (SSSR count). The molecule has 0 aromatic heterocycles. The first kappa shape index (κ1) is 15.4. The summed E-state index contributed by atoms with van der Waals surface area (Å²) in [5.74, 6) is -0.961. The largest absolute Gasteiger partial charge is 0.392 e. The summed E-state index contributed by atoms with van der Waals surface area (Å²) in [5.41, 5.74) is 6.13. The third kappa shape index (κ3) is 4.00. The van der Waals surface area contributed by atoms with Crippen LogP contribution in [0.5, 0.6) is 0 Å². The van der Waals surface area contributed by atoms with E-state index in [1.165, 1.54) is 37.8 Å². The number of hydrogen-bond donors (Lipinski definition) is 2. The highest BCUT2D eigenvalue weighted by Crippen LogP contribution is 2.31. The van der Waals surface area contributed by atoms with Gasteiger partial charge in [0.1, 0.15) is 11.6 Å². The van der Waals surface area contributed by atoms with Crippen LogP contribution in [0.1, 0.15) is 50.0 Å². The Balaban J connectivity index is 1.98. The lowest BCUT2D eigenvalue weighted by molar-refractivity contribution is 0.127. The Morgan fingerprint density at radius 1 is 1.15 bits per heavy atom. The van der Waals surface area contributed by atoms with Crippen LogP contribution in [-0.2, 0) is 0 Å². The van der Waals surface area contributed by atoms with Gasteiger partial charge in [0.25, 0.3) is 0 Å². The Kier molecular flexibility index (Phi) is 5.49. The van der Waals surface area contributed by atoms with Crippen molar-refractivity contribution in [2.75, 3.05) is 6.54 Å². The van der Waals surface area contributed by atoms with Gasteiger partial charge in [-0.05, 0) is 36.5 Å². The Bertz CT molecular complexity index is 412. The lowest BCUT2D eigenvalue weighted by Gasteiger charge is -2.23. The fourth-order valence-corrected chi connectivity index (χ4v) is 3.21. The highest BCUT2D eigenvalue weighted by atomic mass is 19.1. The maximum atomic E-state index is 13.3. The van der Waals surface area contributed by atoms with Crippen LogP contribution in [0.2, 0.25) is 0 Å². The molecule has 1 fully saturated rings. The molecular formula is C16H23F2NO. The van der Waals surface area contributed by atoms with E-state index in [1.807, 2.05) is 0 Å². The van der Waals surface area contributed by atoms with Crippen molar-refractivity contribution in [3.05, 3.63) is 35.4 Å². The van der Waals surface area contributed by atoms with E-state index in [2.05, 4.69) is 0 Å². The van der Waals surface area contributed by atoms with Crippen molar-refractivity contribution in [2.45, 2.75) is 50.5 Å². The zero-order valence-corrected chi connectivity index (χ0v) is 11.7. The minimum Gasteiger partial charge on any atom is -0.392 e. The predicted molar refractivity (Wildman–Crippen MR) is 75.4 cm³/mol. The summed E-state index contributed by atoms with van der Waals surface area (Å²) in [6, 6.07) is 3.36. The van der Waals surface area contributed by atoms with Gasteiger partial charge in [-0.2, -0.15) is 0 Å². The minimum absolute atomic E-state index is 0.189. The second kappa shape index (κ2) is 7.14. The molecule has 112 valence electrons. The average Bonchev–Trinajstić information content (AvgIpc) is 2.89. The van der Waals surface area contributed by atoms with E-state index < -0.39 is 23.7 Å². The Morgan fingerprint density at radius 2 is 1.75 bits per heavy atom. The summed E-state index contributed by atoms with van der Waals surface area (Å²) in [7, 11) is 0. The van der Waals surface area contributed by atoms with Gasteiger partial charge in [0.05, 0.1) is 6.10 Å². The van der Waals surface area contributed by atoms with Gasteiger partial charge in [-0.25, -0.2) is 8.78 Å². The van der Waals surface area contributed by atoms with Crippen LogP contribution >= 0.6 is 0 Å². The first-order chi connectivity index (χ1) is 9.60. The standard InChI is InChI=1S/C16H23F2NO/c17-13-7-12(8-14(18)9-13)15(10-19)16(20)6-5-11-3-1-2-4-11/h7-9,11,15-16,20H,1-6,10,19H2. The highest BCUT2D eigenvalue weighted by molar-refractivity contribution is 5.23. The van der Waals surface area contributed by atoms with Crippen LogP contribution in [0.25, 0.3) is 0 Å². The molecule has 0 aliphatic heterocycles. The van der Waals surface area contributed by atoms with Crippen molar-refractivity contribution >= 4 is 0 Å². The molecule has 2 unspecified atom stereocenters. The minimum atomic E-state index is -0.637. The van der Waals surface area contributed by atoms with Crippen molar-refractivity contribution in [3.8, 4) is 0 Å². The molecule has 1 aromatic rings. The number of halogens is 2. The molecule has 1 saturated carbocycles. The quantitative estimate of drug-likeness (QED) is 0.841. The van der Waals surface area contributed by atoms with Crippen molar-refractivity contribution < 1.29 is 13.9 Å². The monoisotopic (exact) mass is 283 g/mol. The summed E-state index contributed by atoms with van der Waals surface area (Å²) in [5, 5.41) is 10.3. The molecule has 1 aromatic carbocycles. The van der Waals surface area contributed by atoms with Gasteiger partial charge in [-0.1, -0.05) is 25.7 Å². The molecule has 2 nitrogen and oxygen atoms in total. The lowest BCUT2D eigenvalue weighted by Crippen LogP contribution is -2.26. The molecule has 0 bridgehead atoms. The van der Waals surface area contributed by atoms with Gasteiger partial charge in [0, 0.05) is 18.5 Å². The topological polar surface area (TPSA) is 46.2 Å². The van der Waals surface area contributed by atoms with E-state index in [1.54, 1.807) is 0 Å². The zero-order chi connectivity index (χ0) is 14.5. The van der Waals surface area contributed by atoms with Gasteiger partial charge in [0.2, 0.25) is 0 Å². The van der Waals surface area contributed by atoms with E-state index in [4.69, 9.17) is 5.73 Å². The molecule has 1 aliphatic carbocycles. The van der Waals surface area contributed by atoms with E-state index in [-0.39, 0.29) is 6.54 Å². The Labute approximate surface area is 119 Å². The molecule has 0 spiro atoms. The van der Waals surface area contributed by atoms with Crippen molar-refractivity contribution in [1.82, 2.24) is 0 Å². The number of aliphatic hydroxyl groups excluding tert-OH is 1. The van der Waals surface area contributed by atoms with Crippen molar-refractivity contribution in [2.24, 2.45) is 11.7 Å². The van der Waals surface area contributed by atoms with E-state index in [9.17, 15) is 13.9 Å². The molecule has 0 heterocycles. The Hall–Kier alpha value is -1.00. The molecule has 20 heavy (non-hydrogen) atoms. The summed E-state index contributed by atoms with van der Waals surface area (Å²) in [6.45, 7) is 0.189. The number of aliphatic hydroxyl groups is 1. The lowest BCUT2D eigenvalue weighted by atomic mass is 9.88. The molecule has 4 heteroatoms. The number of hydrogen-bond acceptors (Lipinski definition) is 2. The summed E-state index contributed by atoms with van der Waals surface area (Å²) >= 11 is 0. The highest BCUT2D eigenvalue weighted by Gasteiger charge is 2.23. The second-order valence-corrected chi connectivity index (χ2v) is 5.84. The van der Waals surface area contributed by atoms with Crippen molar-refractivity contribution in [3.63, 3.8) is 0 Å². The van der Waals surface area contributed by atoms with E-state index in [0.717, 1.165) is 12.5 Å². The average molecular weight is 283 g/mol. The Morgan fingerprint density at radius 3 is 2.30 bits per heavy atom. The third-order valence-electron chi connectivity index (χ3n) is 4.38. The van der Waals surface area contributed by atoms with Crippen LogP contribution in [0.3, 0.4) is 0 Å². The SMILES string of the molecule is NCC(c1cc(F)cc(F)c1)C(O)CCC1CCCC1. The van der Waals surface area contributed by atoms with Crippen LogP contribution in [-0.4, -0.2) is 17.8 Å². The number of benzene rings is 1. The molecule has 0 amide bonds. The zero-order valence-electron chi connectivity index (χ0n) is 11.7. The van der Waals surface area contributed by atoms with Gasteiger partial charge in [-0.3, -0.25) is 0 Å². The van der Waals surface area contributed by atoms with Crippen LogP contribution < -0.4 is 5.73 Å². The number of rotatable bonds is 6. The molecule has 0 saturated heterocycles. The maximum Gasteiger partial charge on any atom is 0.126 e. The van der Waals surface area contributed by atoms with Crippen LogP contribution in [0.4, 0.5) is 8.78 Å². The van der Waals surface area contributed by atoms with Gasteiger partial charge < -0.3 is 10.8 Å². The van der Waals surface area contributed by atoms with Gasteiger partial charge >= 0.3 is 0 Å². The fraction of sp³-hybridized carbons (Fsp3) is 0.625. The maximum absolute atomic E-state index is 13.3. The number of nitrogens with two attached hydrogens (primary N) is 1. The molecule has 0 radical (unpaired) electrons. The first-order valence-electron chi connectivity index (χ1n) is 7.44. The van der Waals surface area contributed by atoms with E-state index in [0.29, 0.717) is 17.9 Å². The third-order valence-corrected chi connectivity index (χ3v) is 4.38. The smallest absolute Gasteiger partial charge is 0.126 e. The van der Waals surface area contributed by atoms with E-state index >= 15 is 0 Å². The summed E-state index contributed by atoms with van der Waals surface area (Å²) < 4.78 is 26.5. The molecule has 3 N–H and O–H groups in total. The summed E-state index contributed by atoms with van der Waals surface area (Å²) in [4.78, 5) is 0. The fourth-order valence-electron chi connectivity index (χ4n) is 3.21. The van der Waals surface area contributed by atoms with Gasteiger partial charge in [-0.15, -0.1) is 0 Å².